The van der Waals surface area contributed by atoms with E-state index in [0.717, 1.165) is 56.1 Å². The summed E-state index contributed by atoms with van der Waals surface area (Å²) in [5.74, 6) is -0.746. The van der Waals surface area contributed by atoms with E-state index in [1.165, 1.54) is 0 Å². The number of alkyl carbamates (subject to hydrolysis) is 1. The second-order valence-corrected chi connectivity index (χ2v) is 20.3. The first-order chi connectivity index (χ1) is 28.1. The third-order valence-electron chi connectivity index (χ3n) is 14.7. The molecule has 332 valence electrons. The van der Waals surface area contributed by atoms with Gasteiger partial charge in [-0.2, -0.15) is 0 Å². The van der Waals surface area contributed by atoms with Crippen molar-refractivity contribution in [3.63, 3.8) is 0 Å². The molecule has 0 aromatic carbocycles. The van der Waals surface area contributed by atoms with Crippen molar-refractivity contribution < 1.29 is 62.4 Å². The van der Waals surface area contributed by atoms with Crippen molar-refractivity contribution in [3.8, 4) is 0 Å². The van der Waals surface area contributed by atoms with Crippen LogP contribution in [0.15, 0.2) is 24.3 Å². The maximum Gasteiger partial charge on any atom is 0.407 e. The van der Waals surface area contributed by atoms with Gasteiger partial charge in [-0.1, -0.05) is 20.1 Å². The standard InChI is InChI=1S/C45H69NO13/c1-22-14-27-8-10-31-23(2)15-29(51-31)12-13-45-20-36-39(57-45)40-41(56-36)42(58-45)38-32(55-40)11-9-28(53-38)16-25(47)17-30-34(19-33(52-27)24(22)3)54-35(37(30)50-7)18-26(48)21-46-43(49)59-44(4,5)6/h22,25-42,47-48H,2-3,8-21H2,1,4-7H3,(H,46,49)/t22?,25?,26?,27?,28?,29?,30?,31-,32?,33?,34-,35?,36?,37+,38-,39?,40-,41?,42?,45-/m0/s1. The number of rotatable bonds is 5. The van der Waals surface area contributed by atoms with Gasteiger partial charge in [-0.3, -0.25) is 0 Å². The van der Waals surface area contributed by atoms with Crippen LogP contribution < -0.4 is 5.32 Å². The van der Waals surface area contributed by atoms with Gasteiger partial charge in [0.15, 0.2) is 5.79 Å². The second-order valence-electron chi connectivity index (χ2n) is 20.3. The van der Waals surface area contributed by atoms with Gasteiger partial charge in [-0.15, -0.1) is 0 Å². The lowest BCUT2D eigenvalue weighted by Gasteiger charge is -2.47. The highest BCUT2D eigenvalue weighted by Crippen LogP contribution is 2.54. The van der Waals surface area contributed by atoms with Crippen molar-refractivity contribution >= 4 is 6.09 Å². The first-order valence-electron chi connectivity index (χ1n) is 22.6. The monoisotopic (exact) mass is 831 g/mol. The van der Waals surface area contributed by atoms with Crippen molar-refractivity contribution in [1.82, 2.24) is 5.32 Å². The Balaban J connectivity index is 0.953. The average Bonchev–Trinajstić information content (AvgIpc) is 3.85. The van der Waals surface area contributed by atoms with Gasteiger partial charge < -0.3 is 62.9 Å². The van der Waals surface area contributed by atoms with Crippen molar-refractivity contribution in [2.45, 2.75) is 226 Å². The van der Waals surface area contributed by atoms with Gasteiger partial charge in [-0.05, 0) is 95.6 Å². The van der Waals surface area contributed by atoms with Gasteiger partial charge in [0.1, 0.15) is 36.1 Å². The number of amides is 1. The first-order valence-corrected chi connectivity index (χ1v) is 22.6. The van der Waals surface area contributed by atoms with Crippen LogP contribution in [0.2, 0.25) is 0 Å². The summed E-state index contributed by atoms with van der Waals surface area (Å²) in [7, 11) is 1.66. The largest absolute Gasteiger partial charge is 0.444 e. The lowest BCUT2D eigenvalue weighted by Crippen LogP contribution is -2.61. The van der Waals surface area contributed by atoms with E-state index in [-0.39, 0.29) is 104 Å². The van der Waals surface area contributed by atoms with E-state index in [0.29, 0.717) is 32.1 Å². The molecular weight excluding hydrogens is 762 g/mol. The van der Waals surface area contributed by atoms with Crippen molar-refractivity contribution in [2.24, 2.45) is 11.8 Å². The summed E-state index contributed by atoms with van der Waals surface area (Å²) in [5, 5.41) is 25.8. The minimum Gasteiger partial charge on any atom is -0.444 e. The maximum absolute atomic E-state index is 12.4. The van der Waals surface area contributed by atoms with Crippen molar-refractivity contribution in [2.75, 3.05) is 13.7 Å². The van der Waals surface area contributed by atoms with Crippen LogP contribution in [0.4, 0.5) is 4.79 Å². The molecule has 59 heavy (non-hydrogen) atoms. The number of hydrogen-bond acceptors (Lipinski definition) is 13. The average molecular weight is 832 g/mol. The van der Waals surface area contributed by atoms with E-state index in [1.807, 2.05) is 0 Å². The fourth-order valence-electron chi connectivity index (χ4n) is 12.0. The number of aliphatic hydroxyl groups is 2. The summed E-state index contributed by atoms with van der Waals surface area (Å²) >= 11 is 0. The van der Waals surface area contributed by atoms with Crippen LogP contribution in [0.25, 0.3) is 0 Å². The zero-order valence-electron chi connectivity index (χ0n) is 35.7. The number of carbonyl (C=O) groups is 1. The highest BCUT2D eigenvalue weighted by molar-refractivity contribution is 5.67. The molecule has 12 bridgehead atoms. The molecule has 3 N–H and O–H groups in total. The van der Waals surface area contributed by atoms with Crippen molar-refractivity contribution in [3.05, 3.63) is 24.3 Å². The Kier molecular flexibility index (Phi) is 12.1. The predicted octanol–water partition coefficient (Wildman–Crippen LogP) is 4.80. The Hall–Kier alpha value is -1.69. The minimum atomic E-state index is -0.912. The molecule has 0 aromatic rings. The van der Waals surface area contributed by atoms with Crippen LogP contribution in [0.3, 0.4) is 0 Å². The Morgan fingerprint density at radius 1 is 0.831 bits per heavy atom. The highest BCUT2D eigenvalue weighted by Gasteiger charge is 2.68. The molecule has 10 rings (SSSR count). The molecule has 10 aliphatic rings. The molecular formula is C45H69NO13. The molecule has 14 nitrogen and oxygen atoms in total. The third-order valence-corrected chi connectivity index (χ3v) is 14.7. The number of nitrogens with one attached hydrogen (secondary N) is 1. The number of fused-ring (bicyclic) bond motifs is 6. The highest BCUT2D eigenvalue weighted by atomic mass is 16.8. The van der Waals surface area contributed by atoms with Gasteiger partial charge in [0.2, 0.25) is 0 Å². The predicted molar refractivity (Wildman–Crippen MR) is 212 cm³/mol. The number of carbonyl (C=O) groups excluding carboxylic acids is 1. The zero-order valence-corrected chi connectivity index (χ0v) is 35.7. The molecule has 1 spiro atoms. The van der Waals surface area contributed by atoms with Crippen LogP contribution >= 0.6 is 0 Å². The van der Waals surface area contributed by atoms with Gasteiger partial charge >= 0.3 is 6.09 Å². The molecule has 0 saturated carbocycles. The van der Waals surface area contributed by atoms with Gasteiger partial charge in [0.05, 0.1) is 73.2 Å². The van der Waals surface area contributed by atoms with Crippen LogP contribution in [-0.2, 0) is 47.4 Å². The van der Waals surface area contributed by atoms with Gasteiger partial charge in [0.25, 0.3) is 0 Å². The number of methoxy groups -OCH3 is 1. The Labute approximate surface area is 349 Å². The molecule has 0 aromatic heterocycles. The number of aliphatic hydroxyl groups excluding tert-OH is 2. The van der Waals surface area contributed by atoms with E-state index >= 15 is 0 Å². The Morgan fingerprint density at radius 2 is 1.56 bits per heavy atom. The van der Waals surface area contributed by atoms with Crippen LogP contribution in [0, 0.1) is 11.8 Å². The van der Waals surface area contributed by atoms with Crippen LogP contribution in [0.5, 0.6) is 0 Å². The van der Waals surface area contributed by atoms with E-state index in [1.54, 1.807) is 27.9 Å². The zero-order chi connectivity index (χ0) is 41.4. The maximum atomic E-state index is 12.4. The third kappa shape index (κ3) is 8.81. The lowest BCUT2D eigenvalue weighted by atomic mass is 9.81. The summed E-state index contributed by atoms with van der Waals surface area (Å²) in [6.07, 6.45) is 3.24. The summed E-state index contributed by atoms with van der Waals surface area (Å²) < 4.78 is 66.0. The molecule has 14 unspecified atom stereocenters. The molecule has 10 saturated heterocycles. The number of hydrogen-bond donors (Lipinski definition) is 3. The van der Waals surface area contributed by atoms with E-state index in [2.05, 4.69) is 25.4 Å². The smallest absolute Gasteiger partial charge is 0.407 e. The molecule has 1 amide bonds. The van der Waals surface area contributed by atoms with E-state index in [9.17, 15) is 15.0 Å². The second kappa shape index (κ2) is 16.8. The Morgan fingerprint density at radius 3 is 2.36 bits per heavy atom. The molecule has 10 aliphatic heterocycles. The fraction of sp³-hybridized carbons (Fsp3) is 0.889. The molecule has 14 heteroatoms. The fourth-order valence-corrected chi connectivity index (χ4v) is 12.0. The van der Waals surface area contributed by atoms with Gasteiger partial charge in [-0.25, -0.2) is 4.79 Å². The first kappa shape index (κ1) is 42.6. The normalized spacial score (nSPS) is 48.9. The van der Waals surface area contributed by atoms with Crippen molar-refractivity contribution in [1.29, 1.82) is 0 Å². The van der Waals surface area contributed by atoms with Crippen LogP contribution in [0.1, 0.15) is 111 Å². The molecule has 0 aliphatic carbocycles. The van der Waals surface area contributed by atoms with E-state index < -0.39 is 41.9 Å². The summed E-state index contributed by atoms with van der Waals surface area (Å²) in [6.45, 7) is 16.6. The minimum absolute atomic E-state index is 0.000413. The lowest BCUT2D eigenvalue weighted by molar-refractivity contribution is -0.294. The molecule has 20 atom stereocenters. The summed E-state index contributed by atoms with van der Waals surface area (Å²) in [4.78, 5) is 12.4. The molecule has 10 fully saturated rings. The number of ether oxygens (including phenoxy) is 10. The van der Waals surface area contributed by atoms with Gasteiger partial charge in [0, 0.05) is 45.3 Å². The van der Waals surface area contributed by atoms with Crippen LogP contribution in [-0.4, -0.2) is 145 Å². The molecule has 10 heterocycles. The quantitative estimate of drug-likeness (QED) is 0.325. The summed E-state index contributed by atoms with van der Waals surface area (Å²) in [6, 6.07) is 0. The Bertz CT molecular complexity index is 1560. The SMILES string of the molecule is C=C1C(C)CC2CC[C@@H]3OC(CC[C@@]45CC6OC7C(O4)[C@H]4OC(CCC4O[C@H]7C6O5)CC(O)CC4[C@@H](OC)C(CC(O)CNC(=O)OC(C)(C)C)O[C@H]4CC1O2)CC3=C. The molecule has 0 radical (unpaired) electrons. The topological polar surface area (TPSA) is 162 Å². The summed E-state index contributed by atoms with van der Waals surface area (Å²) in [5.41, 5.74) is 1.51. The van der Waals surface area contributed by atoms with E-state index in [4.69, 9.17) is 47.4 Å².